The molecule has 0 atom stereocenters. The maximum Gasteiger partial charge on any atom is 0.357 e. The molecule has 0 radical (unpaired) electrons. The van der Waals surface area contributed by atoms with E-state index in [1.54, 1.807) is 7.11 Å². The van der Waals surface area contributed by atoms with Gasteiger partial charge in [-0.3, -0.25) is 4.79 Å². The highest BCUT2D eigenvalue weighted by atomic mass is 127. The van der Waals surface area contributed by atoms with Crippen molar-refractivity contribution < 1.29 is 35.5 Å². The molecule has 0 saturated carbocycles. The fourth-order valence-corrected chi connectivity index (χ4v) is 3.65. The molecule has 3 nitrogen and oxygen atoms in total. The van der Waals surface area contributed by atoms with Crippen molar-refractivity contribution >= 4 is 5.97 Å². The molecule has 0 amide bonds. The van der Waals surface area contributed by atoms with Gasteiger partial charge in [0.25, 0.3) is 0 Å². The van der Waals surface area contributed by atoms with Gasteiger partial charge in [-0.15, -0.1) is 0 Å². The first-order valence-electron chi connectivity index (χ1n) is 5.75. The molecule has 19 heavy (non-hydrogen) atoms. The lowest BCUT2D eigenvalue weighted by atomic mass is 10.3. The van der Waals surface area contributed by atoms with Crippen LogP contribution in [0.4, 0.5) is 0 Å². The molecule has 0 unspecified atom stereocenters. The minimum atomic E-state index is -0.294. The van der Waals surface area contributed by atoms with E-state index in [1.165, 1.54) is 14.1 Å². The summed E-state index contributed by atoms with van der Waals surface area (Å²) in [6.07, 6.45) is 0. The number of ether oxygens (including phenoxy) is 2. The van der Waals surface area contributed by atoms with Gasteiger partial charge in [-0.05, 0) is 48.5 Å². The van der Waals surface area contributed by atoms with E-state index in [4.69, 9.17) is 9.47 Å². The van der Waals surface area contributed by atoms with E-state index in [1.807, 2.05) is 36.4 Å². The number of carbonyl (C=O) groups excluding carboxylic acids is 1. The van der Waals surface area contributed by atoms with Crippen LogP contribution in [0.5, 0.6) is 11.5 Å². The first-order valence-corrected chi connectivity index (χ1v) is 7.90. The highest BCUT2D eigenvalue weighted by Gasteiger charge is 2.15. The first-order chi connectivity index (χ1) is 9.17. The molecule has 0 aliphatic heterocycles. The average Bonchev–Trinajstić information content (AvgIpc) is 2.41. The summed E-state index contributed by atoms with van der Waals surface area (Å²) < 4.78 is 12.7. The Morgan fingerprint density at radius 2 is 1.37 bits per heavy atom. The summed E-state index contributed by atoms with van der Waals surface area (Å²) in [5.74, 6) is 1.17. The Kier molecular flexibility index (Phi) is 4.79. The Hall–Kier alpha value is -1.56. The zero-order chi connectivity index (χ0) is 13.7. The van der Waals surface area contributed by atoms with Gasteiger partial charge in [-0.25, -0.2) is 0 Å². The molecule has 0 saturated heterocycles. The first kappa shape index (κ1) is 13.9. The molecule has 0 N–H and O–H groups in total. The standard InChI is InChI=1S/C15H14IO3/c1-11(17)19-15-9-5-13(6-10-15)16-12-3-7-14(18-2)8-4-12/h3-10H,1-2H3/q+1. The monoisotopic (exact) mass is 369 g/mol. The summed E-state index contributed by atoms with van der Waals surface area (Å²) in [5.41, 5.74) is 0. The highest BCUT2D eigenvalue weighted by molar-refractivity contribution is 5.69. The largest absolute Gasteiger partial charge is 0.497 e. The van der Waals surface area contributed by atoms with Crippen molar-refractivity contribution in [2.45, 2.75) is 6.92 Å². The minimum Gasteiger partial charge on any atom is -0.497 e. The summed E-state index contributed by atoms with van der Waals surface area (Å²) in [7, 11) is 1.66. The normalized spacial score (nSPS) is 10.0. The van der Waals surface area contributed by atoms with Crippen LogP contribution in [0.2, 0.25) is 0 Å². The van der Waals surface area contributed by atoms with Crippen LogP contribution in [0.15, 0.2) is 48.5 Å². The Bertz CT molecular complexity index is 547. The summed E-state index contributed by atoms with van der Waals surface area (Å²) in [5, 5.41) is 0. The van der Waals surface area contributed by atoms with Crippen molar-refractivity contribution in [2.24, 2.45) is 0 Å². The number of halogens is 1. The Morgan fingerprint density at radius 3 is 1.79 bits per heavy atom. The van der Waals surface area contributed by atoms with Crippen LogP contribution in [-0.4, -0.2) is 13.1 Å². The number of esters is 1. The zero-order valence-corrected chi connectivity index (χ0v) is 12.9. The number of methoxy groups -OCH3 is 1. The van der Waals surface area contributed by atoms with E-state index in [0.29, 0.717) is 5.75 Å². The number of hydrogen-bond acceptors (Lipinski definition) is 3. The van der Waals surface area contributed by atoms with Crippen molar-refractivity contribution in [3.63, 3.8) is 0 Å². The van der Waals surface area contributed by atoms with Crippen LogP contribution in [0.3, 0.4) is 0 Å². The molecule has 0 aliphatic carbocycles. The van der Waals surface area contributed by atoms with Gasteiger partial charge in [-0.1, -0.05) is 0 Å². The third-order valence-corrected chi connectivity index (χ3v) is 5.03. The lowest BCUT2D eigenvalue weighted by Crippen LogP contribution is -3.61. The van der Waals surface area contributed by atoms with E-state index in [-0.39, 0.29) is 27.2 Å². The number of carbonyl (C=O) groups is 1. The maximum absolute atomic E-state index is 10.8. The van der Waals surface area contributed by atoms with Gasteiger partial charge in [0.2, 0.25) is 0 Å². The van der Waals surface area contributed by atoms with E-state index < -0.39 is 0 Å². The van der Waals surface area contributed by atoms with Gasteiger partial charge in [0.05, 0.1) is 7.11 Å². The molecule has 0 aliphatic rings. The lowest BCUT2D eigenvalue weighted by Gasteiger charge is -1.98. The molecule has 0 fully saturated rings. The van der Waals surface area contributed by atoms with Crippen molar-refractivity contribution in [1.29, 1.82) is 0 Å². The third-order valence-electron chi connectivity index (χ3n) is 2.34. The van der Waals surface area contributed by atoms with Crippen molar-refractivity contribution in [3.05, 3.63) is 55.7 Å². The Labute approximate surface area is 122 Å². The molecule has 2 aromatic rings. The van der Waals surface area contributed by atoms with E-state index in [0.717, 1.165) is 5.75 Å². The van der Waals surface area contributed by atoms with Crippen LogP contribution in [0.1, 0.15) is 6.92 Å². The lowest BCUT2D eigenvalue weighted by molar-refractivity contribution is -0.597. The van der Waals surface area contributed by atoms with Crippen LogP contribution < -0.4 is 30.7 Å². The fraction of sp³-hybridized carbons (Fsp3) is 0.133. The van der Waals surface area contributed by atoms with Gasteiger partial charge < -0.3 is 9.47 Å². The van der Waals surface area contributed by atoms with E-state index >= 15 is 0 Å². The number of hydrogen-bond donors (Lipinski definition) is 0. The smallest absolute Gasteiger partial charge is 0.357 e. The van der Waals surface area contributed by atoms with Gasteiger partial charge >= 0.3 is 27.2 Å². The Morgan fingerprint density at radius 1 is 0.895 bits per heavy atom. The fourth-order valence-electron chi connectivity index (χ4n) is 1.49. The van der Waals surface area contributed by atoms with Gasteiger partial charge in [0.15, 0.2) is 7.14 Å². The molecular formula is C15H14IO3+. The molecule has 2 rings (SSSR count). The van der Waals surface area contributed by atoms with Crippen molar-refractivity contribution in [2.75, 3.05) is 7.11 Å². The van der Waals surface area contributed by atoms with Gasteiger partial charge in [0, 0.05) is 6.92 Å². The highest BCUT2D eigenvalue weighted by Crippen LogP contribution is 2.08. The minimum absolute atomic E-state index is 0.219. The molecule has 0 heterocycles. The molecule has 98 valence electrons. The zero-order valence-electron chi connectivity index (χ0n) is 10.7. The van der Waals surface area contributed by atoms with Crippen molar-refractivity contribution in [1.82, 2.24) is 0 Å². The predicted octanol–water partition coefficient (Wildman–Crippen LogP) is -0.251. The molecule has 4 heteroatoms. The second-order valence-corrected chi connectivity index (χ2v) is 6.83. The summed E-state index contributed by atoms with van der Waals surface area (Å²) in [6, 6.07) is 15.8. The van der Waals surface area contributed by atoms with Gasteiger partial charge in [-0.2, -0.15) is 0 Å². The second kappa shape index (κ2) is 6.56. The van der Waals surface area contributed by atoms with E-state index in [2.05, 4.69) is 12.1 Å². The quantitative estimate of drug-likeness (QED) is 0.424. The van der Waals surface area contributed by atoms with Crippen LogP contribution in [0.25, 0.3) is 0 Å². The molecule has 0 bridgehead atoms. The summed E-state index contributed by atoms with van der Waals surface area (Å²) in [6.45, 7) is 1.40. The topological polar surface area (TPSA) is 35.5 Å². The van der Waals surface area contributed by atoms with Crippen LogP contribution in [-0.2, 0) is 4.79 Å². The SMILES string of the molecule is COc1ccc([I+]c2ccc(OC(C)=O)cc2)cc1. The van der Waals surface area contributed by atoms with Crippen molar-refractivity contribution in [3.8, 4) is 11.5 Å². The molecule has 2 aromatic carbocycles. The van der Waals surface area contributed by atoms with Gasteiger partial charge in [0.1, 0.15) is 11.5 Å². The average molecular weight is 369 g/mol. The predicted molar refractivity (Wildman–Crippen MR) is 68.1 cm³/mol. The molecule has 0 aromatic heterocycles. The number of benzene rings is 2. The third kappa shape index (κ3) is 4.24. The summed E-state index contributed by atoms with van der Waals surface area (Å²) in [4.78, 5) is 10.8. The Balaban J connectivity index is 2.04. The molecule has 0 spiro atoms. The molecular weight excluding hydrogens is 355 g/mol. The number of rotatable bonds is 4. The van der Waals surface area contributed by atoms with E-state index in [9.17, 15) is 4.79 Å². The van der Waals surface area contributed by atoms with Crippen LogP contribution >= 0.6 is 0 Å². The maximum atomic E-state index is 10.8. The second-order valence-electron chi connectivity index (χ2n) is 3.80. The summed E-state index contributed by atoms with van der Waals surface area (Å²) >= 11 is -0.219. The van der Waals surface area contributed by atoms with Crippen LogP contribution in [0, 0.1) is 7.14 Å².